The van der Waals surface area contributed by atoms with Gasteiger partial charge in [-0.25, -0.2) is 0 Å². The lowest BCUT2D eigenvalue weighted by Gasteiger charge is -2.01. The second kappa shape index (κ2) is 2.73. The highest BCUT2D eigenvalue weighted by molar-refractivity contribution is 5.53. The Morgan fingerprint density at radius 1 is 1.46 bits per heavy atom. The number of nitro benzene ring substituents is 1. The molecule has 0 radical (unpaired) electrons. The van der Waals surface area contributed by atoms with Crippen LogP contribution in [0.25, 0.3) is 0 Å². The predicted octanol–water partition coefficient (Wildman–Crippen LogP) is 2.05. The molecule has 0 spiro atoms. The molecule has 0 aromatic heterocycles. The molecule has 68 valence electrons. The average molecular weight is 178 g/mol. The van der Waals surface area contributed by atoms with Crippen LogP contribution < -0.4 is 5.73 Å². The third-order valence-electron chi connectivity index (χ3n) is 2.27. The van der Waals surface area contributed by atoms with Gasteiger partial charge in [0.1, 0.15) is 0 Å². The highest BCUT2D eigenvalue weighted by Crippen LogP contribution is 2.44. The molecule has 2 N–H and O–H groups in total. The fourth-order valence-electron chi connectivity index (χ4n) is 1.46. The van der Waals surface area contributed by atoms with Crippen molar-refractivity contribution in [3.63, 3.8) is 0 Å². The number of rotatable bonds is 2. The smallest absolute Gasteiger partial charge is 0.273 e. The fraction of sp³-hybridized carbons (Fsp3) is 0.333. The summed E-state index contributed by atoms with van der Waals surface area (Å²) in [5.74, 6) is 0.365. The van der Waals surface area contributed by atoms with Crippen LogP contribution in [0.3, 0.4) is 0 Å². The number of anilines is 1. The molecule has 1 aliphatic carbocycles. The Morgan fingerprint density at radius 3 is 2.69 bits per heavy atom. The van der Waals surface area contributed by atoms with Gasteiger partial charge >= 0.3 is 0 Å². The van der Waals surface area contributed by atoms with Crippen LogP contribution in [0.2, 0.25) is 0 Å². The van der Waals surface area contributed by atoms with Gasteiger partial charge in [-0.05, 0) is 30.9 Å². The summed E-state index contributed by atoms with van der Waals surface area (Å²) in [5.41, 5.74) is 7.18. The van der Waals surface area contributed by atoms with E-state index in [-0.39, 0.29) is 10.6 Å². The quantitative estimate of drug-likeness (QED) is 0.428. The van der Waals surface area contributed by atoms with Crippen LogP contribution in [-0.2, 0) is 0 Å². The van der Waals surface area contributed by atoms with Gasteiger partial charge < -0.3 is 5.73 Å². The molecule has 1 aliphatic rings. The molecular weight excluding hydrogens is 168 g/mol. The minimum absolute atomic E-state index is 0.205. The van der Waals surface area contributed by atoms with Gasteiger partial charge in [0.25, 0.3) is 5.69 Å². The zero-order valence-corrected chi connectivity index (χ0v) is 7.06. The van der Waals surface area contributed by atoms with Crippen molar-refractivity contribution in [1.29, 1.82) is 0 Å². The van der Waals surface area contributed by atoms with Gasteiger partial charge in [0.2, 0.25) is 0 Å². The highest BCUT2D eigenvalue weighted by Gasteiger charge is 2.30. The minimum Gasteiger partial charge on any atom is -0.399 e. The summed E-state index contributed by atoms with van der Waals surface area (Å²) in [6, 6.07) is 4.78. The van der Waals surface area contributed by atoms with Gasteiger partial charge in [-0.2, -0.15) is 0 Å². The van der Waals surface area contributed by atoms with Gasteiger partial charge in [-0.3, -0.25) is 10.1 Å². The van der Waals surface area contributed by atoms with E-state index in [0.29, 0.717) is 11.6 Å². The summed E-state index contributed by atoms with van der Waals surface area (Å²) in [6.07, 6.45) is 2.09. The fourth-order valence-corrected chi connectivity index (χ4v) is 1.46. The topological polar surface area (TPSA) is 69.2 Å². The minimum atomic E-state index is -0.340. The van der Waals surface area contributed by atoms with Crippen molar-refractivity contribution in [2.24, 2.45) is 0 Å². The van der Waals surface area contributed by atoms with Crippen molar-refractivity contribution in [2.75, 3.05) is 5.73 Å². The first kappa shape index (κ1) is 8.04. The lowest BCUT2D eigenvalue weighted by molar-refractivity contribution is -0.385. The maximum Gasteiger partial charge on any atom is 0.273 e. The monoisotopic (exact) mass is 178 g/mol. The van der Waals surface area contributed by atoms with E-state index in [1.165, 1.54) is 6.07 Å². The SMILES string of the molecule is Nc1ccc([N+](=O)[O-])c(C2CC2)c1. The number of hydrogen-bond acceptors (Lipinski definition) is 3. The molecule has 0 amide bonds. The van der Waals surface area contributed by atoms with Crippen LogP contribution in [0.15, 0.2) is 18.2 Å². The summed E-state index contributed by atoms with van der Waals surface area (Å²) < 4.78 is 0. The van der Waals surface area contributed by atoms with Gasteiger partial charge in [0.05, 0.1) is 4.92 Å². The maximum absolute atomic E-state index is 10.6. The number of nitrogens with zero attached hydrogens (tertiary/aromatic N) is 1. The largest absolute Gasteiger partial charge is 0.399 e. The predicted molar refractivity (Wildman–Crippen MR) is 49.5 cm³/mol. The Bertz CT molecular complexity index is 359. The molecule has 2 rings (SSSR count). The summed E-state index contributed by atoms with van der Waals surface area (Å²) in [6.45, 7) is 0. The summed E-state index contributed by atoms with van der Waals surface area (Å²) in [7, 11) is 0. The van der Waals surface area contributed by atoms with Crippen molar-refractivity contribution < 1.29 is 4.92 Å². The molecule has 13 heavy (non-hydrogen) atoms. The molecular formula is C9H10N2O2. The van der Waals surface area contributed by atoms with E-state index in [1.54, 1.807) is 12.1 Å². The third-order valence-corrected chi connectivity index (χ3v) is 2.27. The Balaban J connectivity index is 2.47. The molecule has 1 saturated carbocycles. The number of nitro groups is 1. The molecule has 4 nitrogen and oxygen atoms in total. The average Bonchev–Trinajstić information content (AvgIpc) is 2.85. The Labute approximate surface area is 75.5 Å². The molecule has 0 unspecified atom stereocenters. The second-order valence-electron chi connectivity index (χ2n) is 3.35. The van der Waals surface area contributed by atoms with Crippen LogP contribution in [0.1, 0.15) is 24.3 Å². The molecule has 0 atom stereocenters. The molecule has 0 heterocycles. The number of nitrogen functional groups attached to an aromatic ring is 1. The number of nitrogens with two attached hydrogens (primary N) is 1. The first-order valence-corrected chi connectivity index (χ1v) is 4.22. The first-order valence-electron chi connectivity index (χ1n) is 4.22. The van der Waals surface area contributed by atoms with Crippen molar-refractivity contribution >= 4 is 11.4 Å². The van der Waals surface area contributed by atoms with Crippen LogP contribution in [-0.4, -0.2) is 4.92 Å². The van der Waals surface area contributed by atoms with Crippen LogP contribution in [0.5, 0.6) is 0 Å². The lowest BCUT2D eigenvalue weighted by Crippen LogP contribution is -1.95. The van der Waals surface area contributed by atoms with E-state index >= 15 is 0 Å². The van der Waals surface area contributed by atoms with Gasteiger partial charge in [0, 0.05) is 17.3 Å². The zero-order chi connectivity index (χ0) is 9.42. The Kier molecular flexibility index (Phi) is 1.69. The van der Waals surface area contributed by atoms with E-state index in [2.05, 4.69) is 0 Å². The van der Waals surface area contributed by atoms with Crippen molar-refractivity contribution in [3.05, 3.63) is 33.9 Å². The normalized spacial score (nSPS) is 15.7. The summed E-state index contributed by atoms with van der Waals surface area (Å²) in [5, 5.41) is 10.6. The van der Waals surface area contributed by atoms with Crippen molar-refractivity contribution in [1.82, 2.24) is 0 Å². The number of benzene rings is 1. The summed E-state index contributed by atoms with van der Waals surface area (Å²) in [4.78, 5) is 10.3. The lowest BCUT2D eigenvalue weighted by atomic mass is 10.1. The van der Waals surface area contributed by atoms with Crippen LogP contribution in [0, 0.1) is 10.1 Å². The molecule has 1 aromatic carbocycles. The molecule has 0 saturated heterocycles. The van der Waals surface area contributed by atoms with E-state index < -0.39 is 0 Å². The molecule has 4 heteroatoms. The van der Waals surface area contributed by atoms with Gasteiger partial charge in [-0.1, -0.05) is 0 Å². The van der Waals surface area contributed by atoms with Crippen LogP contribution >= 0.6 is 0 Å². The van der Waals surface area contributed by atoms with Crippen molar-refractivity contribution in [2.45, 2.75) is 18.8 Å². The van der Waals surface area contributed by atoms with Gasteiger partial charge in [-0.15, -0.1) is 0 Å². The van der Waals surface area contributed by atoms with E-state index in [1.807, 2.05) is 0 Å². The van der Waals surface area contributed by atoms with E-state index in [4.69, 9.17) is 5.73 Å². The molecule has 1 fully saturated rings. The van der Waals surface area contributed by atoms with Crippen molar-refractivity contribution in [3.8, 4) is 0 Å². The zero-order valence-electron chi connectivity index (χ0n) is 7.06. The van der Waals surface area contributed by atoms with E-state index in [9.17, 15) is 10.1 Å². The summed E-state index contributed by atoms with van der Waals surface area (Å²) >= 11 is 0. The van der Waals surface area contributed by atoms with Gasteiger partial charge in [0.15, 0.2) is 0 Å². The Hall–Kier alpha value is -1.58. The second-order valence-corrected chi connectivity index (χ2v) is 3.35. The maximum atomic E-state index is 10.6. The molecule has 0 aliphatic heterocycles. The third kappa shape index (κ3) is 1.47. The number of hydrogen-bond donors (Lipinski definition) is 1. The van der Waals surface area contributed by atoms with E-state index in [0.717, 1.165) is 18.4 Å². The molecule has 1 aromatic rings. The highest BCUT2D eigenvalue weighted by atomic mass is 16.6. The van der Waals surface area contributed by atoms with Crippen LogP contribution in [0.4, 0.5) is 11.4 Å². The first-order chi connectivity index (χ1) is 6.18. The standard InChI is InChI=1S/C9H10N2O2/c10-7-3-4-9(11(12)13)8(5-7)6-1-2-6/h3-6H,1-2,10H2. The molecule has 0 bridgehead atoms. The Morgan fingerprint density at radius 2 is 2.15 bits per heavy atom.